The van der Waals surface area contributed by atoms with Gasteiger partial charge in [0.1, 0.15) is 4.99 Å². The first-order valence-corrected chi connectivity index (χ1v) is 5.16. The number of rotatable bonds is 0. The van der Waals surface area contributed by atoms with E-state index in [-0.39, 0.29) is 0 Å². The quantitative estimate of drug-likeness (QED) is 0.551. The Balaban J connectivity index is 2.51. The lowest BCUT2D eigenvalue weighted by Crippen LogP contribution is -2.23. The van der Waals surface area contributed by atoms with Crippen LogP contribution >= 0.6 is 12.2 Å². The van der Waals surface area contributed by atoms with Gasteiger partial charge in [-0.15, -0.1) is 0 Å². The van der Waals surface area contributed by atoms with Crippen LogP contribution in [-0.2, 0) is 0 Å². The van der Waals surface area contributed by atoms with Crippen molar-refractivity contribution >= 4 is 22.9 Å². The topological polar surface area (TPSA) is 12.4 Å². The maximum Gasteiger partial charge on any atom is 0.126 e. The number of dihydropyridines is 1. The third-order valence-corrected chi connectivity index (χ3v) is 2.85. The molecule has 72 valence electrons. The molecule has 1 nitrogen and oxygen atoms in total. The highest BCUT2D eigenvalue weighted by atomic mass is 32.1. The number of fused-ring (bicyclic) bond motifs is 1. The highest BCUT2D eigenvalue weighted by Crippen LogP contribution is 2.28. The highest BCUT2D eigenvalue weighted by Gasteiger charge is 2.23. The summed E-state index contributed by atoms with van der Waals surface area (Å²) in [5.41, 5.74) is 4.98. The molecule has 2 aliphatic rings. The van der Waals surface area contributed by atoms with Gasteiger partial charge in [0.05, 0.1) is 5.71 Å². The standard InChI is InChI=1S/C12H13NS/c1-7-4-9(3)12-10(5-7)8(2)6-11(14)13-12/h4-6,10H,1-3H3. The van der Waals surface area contributed by atoms with Crippen molar-refractivity contribution in [3.63, 3.8) is 0 Å². The molecule has 1 unspecified atom stereocenters. The average Bonchev–Trinajstić information content (AvgIpc) is 2.07. The third-order valence-electron chi connectivity index (χ3n) is 2.64. The number of hydrogen-bond donors (Lipinski definition) is 0. The Hall–Kier alpha value is -1.02. The molecule has 0 aromatic heterocycles. The predicted molar refractivity (Wildman–Crippen MR) is 64.8 cm³/mol. The van der Waals surface area contributed by atoms with E-state index in [1.54, 1.807) is 0 Å². The molecular weight excluding hydrogens is 190 g/mol. The maximum absolute atomic E-state index is 5.12. The second kappa shape index (κ2) is 3.28. The van der Waals surface area contributed by atoms with Gasteiger partial charge in [-0.2, -0.15) is 0 Å². The second-order valence-corrected chi connectivity index (χ2v) is 4.36. The largest absolute Gasteiger partial charge is 0.241 e. The van der Waals surface area contributed by atoms with Crippen LogP contribution in [0.15, 0.2) is 39.9 Å². The number of allylic oxidation sites excluding steroid dienone is 5. The Labute approximate surface area is 89.9 Å². The number of thiocarbonyl (C=S) groups is 1. The molecule has 1 atom stereocenters. The minimum atomic E-state index is 0.353. The van der Waals surface area contributed by atoms with Crippen LogP contribution < -0.4 is 0 Å². The molecule has 0 saturated heterocycles. The molecule has 0 aromatic carbocycles. The minimum Gasteiger partial charge on any atom is -0.241 e. The van der Waals surface area contributed by atoms with Crippen LogP contribution in [0.2, 0.25) is 0 Å². The monoisotopic (exact) mass is 203 g/mol. The number of aliphatic imine (C=N–C) groups is 1. The number of nitrogens with zero attached hydrogens (tertiary/aromatic N) is 1. The van der Waals surface area contributed by atoms with Crippen LogP contribution in [0.5, 0.6) is 0 Å². The van der Waals surface area contributed by atoms with Crippen molar-refractivity contribution in [3.8, 4) is 0 Å². The summed E-state index contributed by atoms with van der Waals surface area (Å²) < 4.78 is 0. The molecule has 1 aliphatic carbocycles. The zero-order chi connectivity index (χ0) is 10.3. The van der Waals surface area contributed by atoms with Crippen molar-refractivity contribution in [1.29, 1.82) is 0 Å². The van der Waals surface area contributed by atoms with Crippen LogP contribution in [-0.4, -0.2) is 10.7 Å². The van der Waals surface area contributed by atoms with E-state index in [1.807, 2.05) is 6.08 Å². The molecule has 1 aliphatic heterocycles. The lowest BCUT2D eigenvalue weighted by molar-refractivity contribution is 0.985. The molecule has 0 amide bonds. The zero-order valence-electron chi connectivity index (χ0n) is 8.66. The van der Waals surface area contributed by atoms with Gasteiger partial charge in [-0.05, 0) is 32.4 Å². The fourth-order valence-electron chi connectivity index (χ4n) is 1.99. The van der Waals surface area contributed by atoms with Crippen LogP contribution in [0, 0.1) is 5.92 Å². The van der Waals surface area contributed by atoms with Gasteiger partial charge in [-0.25, -0.2) is 4.99 Å². The summed E-state index contributed by atoms with van der Waals surface area (Å²) in [6.07, 6.45) is 6.40. The smallest absolute Gasteiger partial charge is 0.126 e. The Morgan fingerprint density at radius 2 is 1.93 bits per heavy atom. The summed E-state index contributed by atoms with van der Waals surface area (Å²) in [5, 5.41) is 0. The van der Waals surface area contributed by atoms with Gasteiger partial charge >= 0.3 is 0 Å². The second-order valence-electron chi connectivity index (χ2n) is 3.94. The Kier molecular flexibility index (Phi) is 2.23. The lowest BCUT2D eigenvalue weighted by Gasteiger charge is -2.25. The summed E-state index contributed by atoms with van der Waals surface area (Å²) >= 11 is 5.12. The molecule has 14 heavy (non-hydrogen) atoms. The van der Waals surface area contributed by atoms with Crippen molar-refractivity contribution in [3.05, 3.63) is 34.9 Å². The van der Waals surface area contributed by atoms with Gasteiger partial charge in [0.2, 0.25) is 0 Å². The van der Waals surface area contributed by atoms with Gasteiger partial charge in [0, 0.05) is 5.92 Å². The van der Waals surface area contributed by atoms with Gasteiger partial charge in [0.25, 0.3) is 0 Å². The number of hydrogen-bond acceptors (Lipinski definition) is 1. The van der Waals surface area contributed by atoms with Crippen molar-refractivity contribution in [2.75, 3.05) is 0 Å². The van der Waals surface area contributed by atoms with Gasteiger partial charge < -0.3 is 0 Å². The van der Waals surface area contributed by atoms with Crippen molar-refractivity contribution in [2.24, 2.45) is 10.9 Å². The Bertz CT molecular complexity index is 422. The summed E-state index contributed by atoms with van der Waals surface area (Å²) in [5.74, 6) is 0.353. The van der Waals surface area contributed by atoms with Crippen LogP contribution in [0.1, 0.15) is 20.8 Å². The molecule has 0 N–H and O–H groups in total. The SMILES string of the molecule is CC1=CC2C(C)=CC(=S)N=C2C(C)=C1. The molecule has 0 saturated carbocycles. The fourth-order valence-corrected chi connectivity index (χ4v) is 2.28. The first kappa shape index (κ1) is 9.53. The molecule has 0 spiro atoms. The normalized spacial score (nSPS) is 25.9. The minimum absolute atomic E-state index is 0.353. The molecule has 0 fully saturated rings. The summed E-state index contributed by atoms with van der Waals surface area (Å²) in [7, 11) is 0. The van der Waals surface area contributed by atoms with Gasteiger partial charge in [-0.3, -0.25) is 0 Å². The molecule has 0 bridgehead atoms. The Morgan fingerprint density at radius 3 is 2.64 bits per heavy atom. The van der Waals surface area contributed by atoms with Gasteiger partial charge in [-0.1, -0.05) is 35.5 Å². The fraction of sp³-hybridized carbons (Fsp3) is 0.333. The molecule has 2 rings (SSSR count). The first-order chi connectivity index (χ1) is 6.58. The summed E-state index contributed by atoms with van der Waals surface area (Å²) in [4.78, 5) is 5.13. The molecule has 0 aromatic rings. The summed E-state index contributed by atoms with van der Waals surface area (Å²) in [6, 6.07) is 0. The summed E-state index contributed by atoms with van der Waals surface area (Å²) in [6.45, 7) is 6.35. The third kappa shape index (κ3) is 1.50. The molecule has 2 heteroatoms. The van der Waals surface area contributed by atoms with E-state index in [0.29, 0.717) is 10.9 Å². The van der Waals surface area contributed by atoms with E-state index in [9.17, 15) is 0 Å². The van der Waals surface area contributed by atoms with Crippen molar-refractivity contribution in [2.45, 2.75) is 20.8 Å². The van der Waals surface area contributed by atoms with E-state index < -0.39 is 0 Å². The van der Waals surface area contributed by atoms with Crippen LogP contribution in [0.25, 0.3) is 0 Å². The Morgan fingerprint density at radius 1 is 1.21 bits per heavy atom. The van der Waals surface area contributed by atoms with Crippen LogP contribution in [0.3, 0.4) is 0 Å². The van der Waals surface area contributed by atoms with Gasteiger partial charge in [0.15, 0.2) is 0 Å². The average molecular weight is 203 g/mol. The van der Waals surface area contributed by atoms with Crippen molar-refractivity contribution < 1.29 is 0 Å². The van der Waals surface area contributed by atoms with E-state index >= 15 is 0 Å². The molecule has 1 heterocycles. The molecular formula is C12H13NS. The van der Waals surface area contributed by atoms with E-state index in [0.717, 1.165) is 5.71 Å². The van der Waals surface area contributed by atoms with E-state index in [2.05, 4.69) is 37.9 Å². The van der Waals surface area contributed by atoms with Crippen molar-refractivity contribution in [1.82, 2.24) is 0 Å². The predicted octanol–water partition coefficient (Wildman–Crippen LogP) is 3.24. The maximum atomic E-state index is 5.12. The lowest BCUT2D eigenvalue weighted by atomic mass is 9.83. The van der Waals surface area contributed by atoms with E-state index in [4.69, 9.17) is 12.2 Å². The van der Waals surface area contributed by atoms with E-state index in [1.165, 1.54) is 16.7 Å². The molecule has 0 radical (unpaired) electrons. The first-order valence-electron chi connectivity index (χ1n) is 4.76. The highest BCUT2D eigenvalue weighted by molar-refractivity contribution is 7.80. The zero-order valence-corrected chi connectivity index (χ0v) is 9.48. The van der Waals surface area contributed by atoms with Crippen LogP contribution in [0.4, 0.5) is 0 Å².